The third kappa shape index (κ3) is 3.05. The summed E-state index contributed by atoms with van der Waals surface area (Å²) in [5, 5.41) is 8.40. The fourth-order valence-electron chi connectivity index (χ4n) is 2.00. The number of nitrogens with one attached hydrogen (secondary N) is 3. The summed E-state index contributed by atoms with van der Waals surface area (Å²) in [5.41, 5.74) is 2.13. The van der Waals surface area contributed by atoms with Crippen LogP contribution in [0.15, 0.2) is 18.2 Å². The van der Waals surface area contributed by atoms with Crippen LogP contribution in [0.3, 0.4) is 0 Å². The third-order valence-electron chi connectivity index (χ3n) is 2.92. The molecule has 0 aliphatic carbocycles. The maximum atomic E-state index is 11.8. The van der Waals surface area contributed by atoms with Gasteiger partial charge in [-0.15, -0.1) is 0 Å². The molecule has 1 heterocycles. The number of carbonyl (C=O) groups excluding carboxylic acids is 2. The predicted octanol–water partition coefficient (Wildman–Crippen LogP) is 2.66. The molecule has 0 spiro atoms. The number of hydrogen-bond donors (Lipinski definition) is 3. The van der Waals surface area contributed by atoms with E-state index in [1.807, 2.05) is 39.8 Å². The van der Waals surface area contributed by atoms with Gasteiger partial charge in [0.15, 0.2) is 0 Å². The molecule has 0 saturated carbocycles. The molecule has 0 aromatic heterocycles. The smallest absolute Gasteiger partial charge is 0.319 e. The van der Waals surface area contributed by atoms with Gasteiger partial charge in [0.05, 0.1) is 5.92 Å². The zero-order valence-electron chi connectivity index (χ0n) is 11.6. The molecule has 1 atom stereocenters. The van der Waals surface area contributed by atoms with E-state index in [1.54, 1.807) is 6.07 Å². The van der Waals surface area contributed by atoms with Crippen molar-refractivity contribution >= 4 is 23.3 Å². The fourth-order valence-corrected chi connectivity index (χ4v) is 2.00. The zero-order chi connectivity index (χ0) is 14.2. The van der Waals surface area contributed by atoms with Gasteiger partial charge >= 0.3 is 6.03 Å². The molecule has 1 aromatic rings. The molecule has 2 rings (SSSR count). The number of amides is 3. The number of benzene rings is 1. The molecule has 5 nitrogen and oxygen atoms in total. The first-order valence-corrected chi connectivity index (χ1v) is 6.30. The van der Waals surface area contributed by atoms with E-state index in [4.69, 9.17) is 0 Å². The van der Waals surface area contributed by atoms with Gasteiger partial charge in [-0.25, -0.2) is 4.79 Å². The van der Waals surface area contributed by atoms with Crippen LogP contribution >= 0.6 is 0 Å². The highest BCUT2D eigenvalue weighted by Crippen LogP contribution is 2.33. The summed E-state index contributed by atoms with van der Waals surface area (Å²) in [5.74, 6) is -0.186. The van der Waals surface area contributed by atoms with E-state index in [1.165, 1.54) is 0 Å². The average Bonchev–Trinajstić information content (AvgIpc) is 2.53. The Labute approximate surface area is 112 Å². The molecule has 1 aliphatic rings. The molecule has 0 radical (unpaired) electrons. The van der Waals surface area contributed by atoms with Crippen molar-refractivity contribution in [2.24, 2.45) is 0 Å². The number of rotatable bonds is 1. The van der Waals surface area contributed by atoms with Crippen molar-refractivity contribution < 1.29 is 9.59 Å². The van der Waals surface area contributed by atoms with E-state index in [9.17, 15) is 9.59 Å². The minimum absolute atomic E-state index is 0.00806. The van der Waals surface area contributed by atoms with Gasteiger partial charge in [0, 0.05) is 16.9 Å². The molecule has 5 heteroatoms. The first-order chi connectivity index (χ1) is 8.76. The van der Waals surface area contributed by atoms with Crippen LogP contribution in [0.5, 0.6) is 0 Å². The van der Waals surface area contributed by atoms with Crippen molar-refractivity contribution in [1.82, 2.24) is 5.32 Å². The lowest BCUT2D eigenvalue weighted by Crippen LogP contribution is -2.43. The van der Waals surface area contributed by atoms with Gasteiger partial charge in [-0.2, -0.15) is 0 Å². The second kappa shape index (κ2) is 4.57. The normalized spacial score (nSPS) is 17.7. The van der Waals surface area contributed by atoms with Gasteiger partial charge in [0.2, 0.25) is 5.91 Å². The topological polar surface area (TPSA) is 70.2 Å². The molecule has 19 heavy (non-hydrogen) atoms. The molecular weight excluding hydrogens is 242 g/mol. The molecule has 0 bridgehead atoms. The van der Waals surface area contributed by atoms with Crippen LogP contribution in [0, 0.1) is 0 Å². The van der Waals surface area contributed by atoms with E-state index in [0.717, 1.165) is 11.3 Å². The van der Waals surface area contributed by atoms with E-state index in [-0.39, 0.29) is 23.4 Å². The van der Waals surface area contributed by atoms with Gasteiger partial charge < -0.3 is 16.0 Å². The highest BCUT2D eigenvalue weighted by atomic mass is 16.2. The molecule has 3 N–H and O–H groups in total. The monoisotopic (exact) mass is 261 g/mol. The van der Waals surface area contributed by atoms with Crippen molar-refractivity contribution in [2.45, 2.75) is 39.2 Å². The zero-order valence-corrected chi connectivity index (χ0v) is 11.6. The summed E-state index contributed by atoms with van der Waals surface area (Å²) in [6.07, 6.45) is 0. The minimum atomic E-state index is -0.286. The van der Waals surface area contributed by atoms with Gasteiger partial charge in [-0.1, -0.05) is 0 Å². The quantitative estimate of drug-likeness (QED) is 0.727. The Morgan fingerprint density at radius 1 is 1.32 bits per heavy atom. The maximum Gasteiger partial charge on any atom is 0.319 e. The summed E-state index contributed by atoms with van der Waals surface area (Å²) in [6, 6.07) is 5.17. The lowest BCUT2D eigenvalue weighted by Gasteiger charge is -2.21. The van der Waals surface area contributed by atoms with Crippen LogP contribution in [0.25, 0.3) is 0 Å². The standard InChI is InChI=1S/C14H19N3O2/c1-8-10-7-9(5-6-11(10)16-12(8)18)15-13(19)17-14(2,3)4/h5-8H,1-4H3,(H,16,18)(H2,15,17,19). The number of urea groups is 1. The van der Waals surface area contributed by atoms with Gasteiger partial charge in [0.1, 0.15) is 0 Å². The van der Waals surface area contributed by atoms with Gasteiger partial charge in [0.25, 0.3) is 0 Å². The molecule has 1 aromatic carbocycles. The number of carbonyl (C=O) groups is 2. The average molecular weight is 261 g/mol. The Bertz CT molecular complexity index is 532. The molecule has 102 valence electrons. The van der Waals surface area contributed by atoms with Crippen LogP contribution in [0.2, 0.25) is 0 Å². The Balaban J connectivity index is 2.12. The molecule has 0 fully saturated rings. The Kier molecular flexibility index (Phi) is 3.22. The van der Waals surface area contributed by atoms with Crippen LogP contribution in [0.4, 0.5) is 16.2 Å². The molecule has 1 unspecified atom stereocenters. The molecule has 1 aliphatic heterocycles. The van der Waals surface area contributed by atoms with Crippen molar-refractivity contribution in [3.63, 3.8) is 0 Å². The van der Waals surface area contributed by atoms with E-state index >= 15 is 0 Å². The number of hydrogen-bond acceptors (Lipinski definition) is 2. The first kappa shape index (κ1) is 13.4. The summed E-state index contributed by atoms with van der Waals surface area (Å²) < 4.78 is 0. The Morgan fingerprint density at radius 3 is 2.63 bits per heavy atom. The van der Waals surface area contributed by atoms with Crippen molar-refractivity contribution in [2.75, 3.05) is 10.6 Å². The second-order valence-electron chi connectivity index (χ2n) is 5.84. The first-order valence-electron chi connectivity index (χ1n) is 6.30. The number of anilines is 2. The predicted molar refractivity (Wildman–Crippen MR) is 75.4 cm³/mol. The largest absolute Gasteiger partial charge is 0.333 e. The summed E-state index contributed by atoms with van der Waals surface area (Å²) in [6.45, 7) is 7.60. The Hall–Kier alpha value is -2.04. The molecule has 0 saturated heterocycles. The highest BCUT2D eigenvalue weighted by molar-refractivity contribution is 6.03. The molecule has 3 amide bonds. The highest BCUT2D eigenvalue weighted by Gasteiger charge is 2.26. The second-order valence-corrected chi connectivity index (χ2v) is 5.84. The van der Waals surface area contributed by atoms with Gasteiger partial charge in [-0.3, -0.25) is 4.79 Å². The third-order valence-corrected chi connectivity index (χ3v) is 2.92. The Morgan fingerprint density at radius 2 is 2.00 bits per heavy atom. The lowest BCUT2D eigenvalue weighted by molar-refractivity contribution is -0.116. The van der Waals surface area contributed by atoms with E-state index in [0.29, 0.717) is 5.69 Å². The lowest BCUT2D eigenvalue weighted by atomic mass is 10.0. The van der Waals surface area contributed by atoms with Gasteiger partial charge in [-0.05, 0) is 51.5 Å². The summed E-state index contributed by atoms with van der Waals surface area (Å²) in [4.78, 5) is 23.3. The minimum Gasteiger partial charge on any atom is -0.333 e. The van der Waals surface area contributed by atoms with Crippen LogP contribution in [-0.2, 0) is 4.79 Å². The molecular formula is C14H19N3O2. The van der Waals surface area contributed by atoms with Crippen LogP contribution < -0.4 is 16.0 Å². The summed E-state index contributed by atoms with van der Waals surface area (Å²) in [7, 11) is 0. The van der Waals surface area contributed by atoms with Crippen molar-refractivity contribution in [3.8, 4) is 0 Å². The van der Waals surface area contributed by atoms with E-state index in [2.05, 4.69) is 16.0 Å². The van der Waals surface area contributed by atoms with Crippen molar-refractivity contribution in [1.29, 1.82) is 0 Å². The van der Waals surface area contributed by atoms with Crippen molar-refractivity contribution in [3.05, 3.63) is 23.8 Å². The van der Waals surface area contributed by atoms with Crippen LogP contribution in [0.1, 0.15) is 39.2 Å². The fraction of sp³-hybridized carbons (Fsp3) is 0.429. The van der Waals surface area contributed by atoms with E-state index < -0.39 is 0 Å². The van der Waals surface area contributed by atoms with Crippen LogP contribution in [-0.4, -0.2) is 17.5 Å². The number of fused-ring (bicyclic) bond motifs is 1. The maximum absolute atomic E-state index is 11.8. The summed E-state index contributed by atoms with van der Waals surface area (Å²) >= 11 is 0. The SMILES string of the molecule is CC1C(=O)Nc2ccc(NC(=O)NC(C)(C)C)cc21.